The Labute approximate surface area is 170 Å². The number of hydrogen-bond donors (Lipinski definition) is 2. The van der Waals surface area contributed by atoms with Crippen molar-refractivity contribution in [2.75, 3.05) is 6.54 Å². The molecule has 0 aliphatic carbocycles. The van der Waals surface area contributed by atoms with Crippen LogP contribution in [0.2, 0.25) is 5.02 Å². The van der Waals surface area contributed by atoms with E-state index in [0.717, 1.165) is 11.1 Å². The molecule has 3 rings (SSSR count). The highest BCUT2D eigenvalue weighted by molar-refractivity contribution is 7.88. The van der Waals surface area contributed by atoms with Crippen LogP contribution >= 0.6 is 11.6 Å². The third kappa shape index (κ3) is 5.20. The Morgan fingerprint density at radius 1 is 0.893 bits per heavy atom. The van der Waals surface area contributed by atoms with E-state index in [2.05, 4.69) is 4.72 Å². The second-order valence-corrected chi connectivity index (χ2v) is 9.10. The van der Waals surface area contributed by atoms with Crippen molar-refractivity contribution < 1.29 is 13.5 Å². The predicted molar refractivity (Wildman–Crippen MR) is 114 cm³/mol. The minimum absolute atomic E-state index is 0.134. The lowest BCUT2D eigenvalue weighted by molar-refractivity contribution is 0.0627. The van der Waals surface area contributed by atoms with E-state index in [9.17, 15) is 13.5 Å². The number of hydrogen-bond acceptors (Lipinski definition) is 3. The molecule has 4 nitrogen and oxygen atoms in total. The first kappa shape index (κ1) is 20.6. The summed E-state index contributed by atoms with van der Waals surface area (Å²) < 4.78 is 27.3. The molecule has 0 aliphatic rings. The van der Waals surface area contributed by atoms with E-state index in [1.807, 2.05) is 54.6 Å². The molecule has 28 heavy (non-hydrogen) atoms. The van der Waals surface area contributed by atoms with Gasteiger partial charge < -0.3 is 5.11 Å². The molecule has 0 heterocycles. The van der Waals surface area contributed by atoms with E-state index in [0.29, 0.717) is 16.1 Å². The molecular weight excluding hydrogens is 394 g/mol. The molecule has 0 bridgehead atoms. The zero-order valence-electron chi connectivity index (χ0n) is 15.5. The molecule has 3 aromatic carbocycles. The number of aliphatic hydroxyl groups is 1. The maximum absolute atomic E-state index is 12.4. The van der Waals surface area contributed by atoms with Gasteiger partial charge in [0, 0.05) is 11.6 Å². The lowest BCUT2D eigenvalue weighted by Crippen LogP contribution is -2.39. The third-order valence-corrected chi connectivity index (χ3v) is 6.20. The molecule has 0 unspecified atom stereocenters. The lowest BCUT2D eigenvalue weighted by Gasteiger charge is -2.24. The van der Waals surface area contributed by atoms with E-state index < -0.39 is 15.6 Å². The predicted octanol–water partition coefficient (Wildman–Crippen LogP) is 4.33. The summed E-state index contributed by atoms with van der Waals surface area (Å²) in [6.07, 6.45) is 0. The van der Waals surface area contributed by atoms with Crippen molar-refractivity contribution in [3.8, 4) is 11.1 Å². The van der Waals surface area contributed by atoms with Crippen LogP contribution in [0.4, 0.5) is 0 Å². The fraction of sp³-hybridized carbons (Fsp3) is 0.182. The quantitative estimate of drug-likeness (QED) is 0.603. The van der Waals surface area contributed by atoms with E-state index in [1.54, 1.807) is 31.2 Å². The molecule has 0 amide bonds. The van der Waals surface area contributed by atoms with Gasteiger partial charge in [0.15, 0.2) is 0 Å². The molecule has 6 heteroatoms. The van der Waals surface area contributed by atoms with Gasteiger partial charge in [0.05, 0.1) is 5.75 Å². The smallest absolute Gasteiger partial charge is 0.215 e. The van der Waals surface area contributed by atoms with Gasteiger partial charge in [0.25, 0.3) is 0 Å². The van der Waals surface area contributed by atoms with Gasteiger partial charge in [-0.2, -0.15) is 0 Å². The van der Waals surface area contributed by atoms with E-state index in [1.165, 1.54) is 0 Å². The molecule has 0 spiro atoms. The van der Waals surface area contributed by atoms with Crippen LogP contribution in [0.3, 0.4) is 0 Å². The Kier molecular flexibility index (Phi) is 6.20. The fourth-order valence-electron chi connectivity index (χ4n) is 2.88. The summed E-state index contributed by atoms with van der Waals surface area (Å²) in [4.78, 5) is 0. The zero-order valence-corrected chi connectivity index (χ0v) is 17.0. The number of halogens is 1. The van der Waals surface area contributed by atoms with Gasteiger partial charge >= 0.3 is 0 Å². The molecule has 1 atom stereocenters. The molecule has 0 saturated carbocycles. The Hall–Kier alpha value is -2.18. The van der Waals surface area contributed by atoms with Crippen molar-refractivity contribution >= 4 is 21.6 Å². The molecule has 146 valence electrons. The van der Waals surface area contributed by atoms with Crippen molar-refractivity contribution in [2.24, 2.45) is 0 Å². The molecule has 3 aromatic rings. The van der Waals surface area contributed by atoms with Crippen LogP contribution in [0.1, 0.15) is 18.1 Å². The lowest BCUT2D eigenvalue weighted by atomic mass is 9.94. The average Bonchev–Trinajstić information content (AvgIpc) is 2.69. The van der Waals surface area contributed by atoms with Crippen LogP contribution in [-0.4, -0.2) is 20.1 Å². The van der Waals surface area contributed by atoms with E-state index in [-0.39, 0.29) is 12.3 Å². The van der Waals surface area contributed by atoms with Crippen molar-refractivity contribution in [3.63, 3.8) is 0 Å². The summed E-state index contributed by atoms with van der Waals surface area (Å²) in [6, 6.07) is 24.2. The van der Waals surface area contributed by atoms with Gasteiger partial charge in [-0.1, -0.05) is 84.4 Å². The van der Waals surface area contributed by atoms with Gasteiger partial charge in [0.1, 0.15) is 5.60 Å². The SMILES string of the molecule is C[C@@](O)(CNS(=O)(=O)Cc1ccccc1Cl)c1ccc(-c2ccccc2)cc1. The average molecular weight is 416 g/mol. The summed E-state index contributed by atoms with van der Waals surface area (Å²) >= 11 is 6.04. The van der Waals surface area contributed by atoms with Crippen molar-refractivity contribution in [1.29, 1.82) is 0 Å². The number of nitrogens with one attached hydrogen (secondary N) is 1. The Balaban J connectivity index is 1.68. The number of rotatable bonds is 7. The van der Waals surface area contributed by atoms with Crippen LogP contribution in [0, 0.1) is 0 Å². The largest absolute Gasteiger partial charge is 0.384 e. The maximum atomic E-state index is 12.4. The molecule has 0 radical (unpaired) electrons. The number of benzene rings is 3. The highest BCUT2D eigenvalue weighted by Gasteiger charge is 2.26. The topological polar surface area (TPSA) is 66.4 Å². The van der Waals surface area contributed by atoms with Crippen LogP contribution in [0.25, 0.3) is 11.1 Å². The molecule has 2 N–H and O–H groups in total. The summed E-state index contributed by atoms with van der Waals surface area (Å²) in [5.41, 5.74) is 1.91. The normalized spacial score (nSPS) is 13.8. The molecule has 0 aromatic heterocycles. The first-order valence-electron chi connectivity index (χ1n) is 8.86. The third-order valence-electron chi connectivity index (χ3n) is 4.55. The summed E-state index contributed by atoms with van der Waals surface area (Å²) in [5, 5.41) is 11.2. The Morgan fingerprint density at radius 2 is 1.46 bits per heavy atom. The molecule has 0 aliphatic heterocycles. The minimum atomic E-state index is -3.64. The van der Waals surface area contributed by atoms with Gasteiger partial charge in [-0.3, -0.25) is 0 Å². The molecule has 0 saturated heterocycles. The van der Waals surface area contributed by atoms with Gasteiger partial charge in [-0.15, -0.1) is 0 Å². The highest BCUT2D eigenvalue weighted by Crippen LogP contribution is 2.25. The monoisotopic (exact) mass is 415 g/mol. The van der Waals surface area contributed by atoms with Gasteiger partial charge in [0.2, 0.25) is 10.0 Å². The summed E-state index contributed by atoms with van der Waals surface area (Å²) in [5.74, 6) is -0.240. The van der Waals surface area contributed by atoms with Crippen molar-refractivity contribution in [3.05, 3.63) is 95.0 Å². The van der Waals surface area contributed by atoms with Crippen LogP contribution in [-0.2, 0) is 21.4 Å². The highest BCUT2D eigenvalue weighted by atomic mass is 35.5. The summed E-state index contributed by atoms with van der Waals surface area (Å²) in [7, 11) is -3.64. The first-order chi connectivity index (χ1) is 13.3. The summed E-state index contributed by atoms with van der Waals surface area (Å²) in [6.45, 7) is 1.45. The first-order valence-corrected chi connectivity index (χ1v) is 10.9. The minimum Gasteiger partial charge on any atom is -0.384 e. The van der Waals surface area contributed by atoms with Crippen LogP contribution in [0.5, 0.6) is 0 Å². The second kappa shape index (κ2) is 8.45. The molecular formula is C22H22ClNO3S. The van der Waals surface area contributed by atoms with Gasteiger partial charge in [-0.05, 0) is 35.2 Å². The van der Waals surface area contributed by atoms with Crippen molar-refractivity contribution in [2.45, 2.75) is 18.3 Å². The van der Waals surface area contributed by atoms with E-state index in [4.69, 9.17) is 11.6 Å². The van der Waals surface area contributed by atoms with Crippen LogP contribution < -0.4 is 4.72 Å². The Bertz CT molecular complexity index is 1030. The Morgan fingerprint density at radius 3 is 2.11 bits per heavy atom. The van der Waals surface area contributed by atoms with Crippen LogP contribution in [0.15, 0.2) is 78.9 Å². The fourth-order valence-corrected chi connectivity index (χ4v) is 4.42. The zero-order chi connectivity index (χ0) is 20.2. The standard InChI is InChI=1S/C22H22ClNO3S/c1-22(25,16-24-28(26,27)15-19-9-5-6-10-21(19)23)20-13-11-18(12-14-20)17-7-3-2-4-8-17/h2-14,24-25H,15-16H2,1H3/t22-/m1/s1. The maximum Gasteiger partial charge on any atom is 0.215 e. The number of sulfonamides is 1. The van der Waals surface area contributed by atoms with Crippen molar-refractivity contribution in [1.82, 2.24) is 4.72 Å². The van der Waals surface area contributed by atoms with Gasteiger partial charge in [-0.25, -0.2) is 13.1 Å². The molecule has 0 fully saturated rings. The van der Waals surface area contributed by atoms with E-state index >= 15 is 0 Å². The second-order valence-electron chi connectivity index (χ2n) is 6.89.